The van der Waals surface area contributed by atoms with Gasteiger partial charge in [0.15, 0.2) is 18.4 Å². The molecule has 0 aliphatic carbocycles. The number of carbonyl (C=O) groups is 1. The van der Waals surface area contributed by atoms with Crippen molar-refractivity contribution in [3.8, 4) is 0 Å². The highest BCUT2D eigenvalue weighted by atomic mass is 16.7. The van der Waals surface area contributed by atoms with E-state index in [9.17, 15) is 40.5 Å². The highest BCUT2D eigenvalue weighted by molar-refractivity contribution is 5.76. The van der Waals surface area contributed by atoms with Crippen molar-refractivity contribution in [1.82, 2.24) is 0 Å². The van der Waals surface area contributed by atoms with E-state index >= 15 is 0 Å². The van der Waals surface area contributed by atoms with Gasteiger partial charge < -0.3 is 54.7 Å². The molecule has 0 amide bonds. The van der Waals surface area contributed by atoms with Gasteiger partial charge in [0.25, 0.3) is 0 Å². The van der Waals surface area contributed by atoms with E-state index in [1.807, 2.05) is 0 Å². The first-order valence-corrected chi connectivity index (χ1v) is 8.40. The topological polar surface area (TPSA) is 196 Å². The second-order valence-corrected chi connectivity index (χ2v) is 6.52. The molecular weight excluding hydrogens is 372 g/mol. The van der Waals surface area contributed by atoms with Crippen LogP contribution in [-0.2, 0) is 23.7 Å². The maximum Gasteiger partial charge on any atom is 0.187 e. The SMILES string of the molecule is CC(=O)CO[C@@H]1O[C@H](CO)[C@@H](O[C@H]2O[C@H](CO)[C@@H](O)[C@H](O)[C@H]2O)[C@H](O)[C@H]1O. The van der Waals surface area contributed by atoms with Crippen molar-refractivity contribution in [2.24, 2.45) is 0 Å². The number of carbonyl (C=O) groups excluding carboxylic acids is 1. The summed E-state index contributed by atoms with van der Waals surface area (Å²) in [6.07, 6.45) is -15.2. The molecule has 2 heterocycles. The molecule has 0 aromatic carbocycles. The van der Waals surface area contributed by atoms with E-state index in [1.165, 1.54) is 6.92 Å². The van der Waals surface area contributed by atoms with Crippen LogP contribution in [0.5, 0.6) is 0 Å². The molecule has 0 bridgehead atoms. The first-order valence-electron chi connectivity index (χ1n) is 8.40. The Morgan fingerprint density at radius 3 is 1.93 bits per heavy atom. The molecule has 2 aliphatic rings. The van der Waals surface area contributed by atoms with Gasteiger partial charge in [-0.3, -0.25) is 4.79 Å². The summed E-state index contributed by atoms with van der Waals surface area (Å²) in [5.74, 6) is -0.347. The Kier molecular flexibility index (Phi) is 8.03. The van der Waals surface area contributed by atoms with E-state index in [0.717, 1.165) is 0 Å². The first-order chi connectivity index (χ1) is 12.7. The van der Waals surface area contributed by atoms with Gasteiger partial charge in [-0.05, 0) is 6.92 Å². The van der Waals surface area contributed by atoms with E-state index in [4.69, 9.17) is 18.9 Å². The molecule has 12 heteroatoms. The highest BCUT2D eigenvalue weighted by Crippen LogP contribution is 2.29. The number of hydrogen-bond donors (Lipinski definition) is 7. The molecule has 0 aromatic heterocycles. The molecule has 27 heavy (non-hydrogen) atoms. The van der Waals surface area contributed by atoms with E-state index < -0.39 is 74.6 Å². The molecule has 7 N–H and O–H groups in total. The lowest BCUT2D eigenvalue weighted by atomic mass is 9.97. The van der Waals surface area contributed by atoms with Crippen molar-refractivity contribution >= 4 is 5.78 Å². The molecule has 2 saturated heterocycles. The fourth-order valence-corrected chi connectivity index (χ4v) is 2.89. The molecule has 0 saturated carbocycles. The monoisotopic (exact) mass is 398 g/mol. The average Bonchev–Trinajstić information content (AvgIpc) is 2.64. The third kappa shape index (κ3) is 4.99. The minimum atomic E-state index is -1.74. The summed E-state index contributed by atoms with van der Waals surface area (Å²) in [5.41, 5.74) is 0. The van der Waals surface area contributed by atoms with Gasteiger partial charge in [0.2, 0.25) is 0 Å². The van der Waals surface area contributed by atoms with Crippen molar-refractivity contribution in [2.75, 3.05) is 19.8 Å². The van der Waals surface area contributed by atoms with E-state index in [-0.39, 0.29) is 12.4 Å². The van der Waals surface area contributed by atoms with Crippen LogP contribution in [0.4, 0.5) is 0 Å². The summed E-state index contributed by atoms with van der Waals surface area (Å²) in [6, 6.07) is 0. The largest absolute Gasteiger partial charge is 0.394 e. The third-order valence-electron chi connectivity index (χ3n) is 4.41. The van der Waals surface area contributed by atoms with Gasteiger partial charge in [0.1, 0.15) is 55.4 Å². The van der Waals surface area contributed by atoms with Gasteiger partial charge >= 0.3 is 0 Å². The Balaban J connectivity index is 2.09. The van der Waals surface area contributed by atoms with Crippen LogP contribution < -0.4 is 0 Å². The molecular formula is C15H26O12. The molecule has 0 unspecified atom stereocenters. The lowest BCUT2D eigenvalue weighted by Crippen LogP contribution is -2.64. The normalized spacial score (nSPS) is 45.6. The summed E-state index contributed by atoms with van der Waals surface area (Å²) in [4.78, 5) is 11.0. The molecule has 0 aromatic rings. The van der Waals surface area contributed by atoms with Crippen LogP contribution in [0.2, 0.25) is 0 Å². The van der Waals surface area contributed by atoms with Gasteiger partial charge in [0.05, 0.1) is 13.2 Å². The summed E-state index contributed by atoms with van der Waals surface area (Å²) >= 11 is 0. The van der Waals surface area contributed by atoms with Crippen LogP contribution in [-0.4, -0.2) is 123 Å². The van der Waals surface area contributed by atoms with Gasteiger partial charge in [0, 0.05) is 0 Å². The quantitative estimate of drug-likeness (QED) is 0.216. The van der Waals surface area contributed by atoms with Gasteiger partial charge in [-0.25, -0.2) is 0 Å². The van der Waals surface area contributed by atoms with Gasteiger partial charge in [-0.1, -0.05) is 0 Å². The first kappa shape index (κ1) is 22.5. The van der Waals surface area contributed by atoms with E-state index in [2.05, 4.69) is 0 Å². The molecule has 12 nitrogen and oxygen atoms in total. The second kappa shape index (κ2) is 9.62. The lowest BCUT2D eigenvalue weighted by molar-refractivity contribution is -0.358. The maximum atomic E-state index is 11.0. The Labute approximate surface area is 154 Å². The molecule has 2 aliphatic heterocycles. The zero-order valence-electron chi connectivity index (χ0n) is 14.6. The summed E-state index contributed by atoms with van der Waals surface area (Å²) in [5, 5.41) is 68.7. The average molecular weight is 398 g/mol. The second-order valence-electron chi connectivity index (χ2n) is 6.52. The van der Waals surface area contributed by atoms with Crippen LogP contribution in [0.3, 0.4) is 0 Å². The summed E-state index contributed by atoms with van der Waals surface area (Å²) in [6.45, 7) is -0.488. The lowest BCUT2D eigenvalue weighted by Gasteiger charge is -2.45. The Bertz CT molecular complexity index is 485. The van der Waals surface area contributed by atoms with Crippen molar-refractivity contribution in [3.63, 3.8) is 0 Å². The van der Waals surface area contributed by atoms with Crippen molar-refractivity contribution < 1.29 is 59.5 Å². The zero-order valence-corrected chi connectivity index (χ0v) is 14.6. The standard InChI is InChI=1S/C15H26O12/c1-5(18)4-24-14-12(23)10(21)13(7(3-17)26-14)27-15-11(22)9(20)8(19)6(2-16)25-15/h6-17,19-23H,2-4H2,1H3/t6-,7-,8-,9+,10-,11-,12-,13-,14-,15-/m1/s1. The smallest absolute Gasteiger partial charge is 0.187 e. The maximum absolute atomic E-state index is 11.0. The molecule has 2 fully saturated rings. The summed E-state index contributed by atoms with van der Waals surface area (Å²) in [7, 11) is 0. The third-order valence-corrected chi connectivity index (χ3v) is 4.41. The highest BCUT2D eigenvalue weighted by Gasteiger charge is 2.50. The van der Waals surface area contributed by atoms with Gasteiger partial charge in [-0.2, -0.15) is 0 Å². The number of ketones is 1. The van der Waals surface area contributed by atoms with Crippen LogP contribution in [0.25, 0.3) is 0 Å². The molecule has 0 spiro atoms. The molecule has 2 rings (SSSR count). The molecule has 158 valence electrons. The van der Waals surface area contributed by atoms with Crippen molar-refractivity contribution in [1.29, 1.82) is 0 Å². The van der Waals surface area contributed by atoms with Crippen LogP contribution in [0.1, 0.15) is 6.92 Å². The number of hydrogen-bond acceptors (Lipinski definition) is 12. The minimum Gasteiger partial charge on any atom is -0.394 e. The Morgan fingerprint density at radius 1 is 0.815 bits per heavy atom. The zero-order chi connectivity index (χ0) is 20.3. The van der Waals surface area contributed by atoms with Gasteiger partial charge in [-0.15, -0.1) is 0 Å². The van der Waals surface area contributed by atoms with Crippen molar-refractivity contribution in [2.45, 2.75) is 68.3 Å². The summed E-state index contributed by atoms with van der Waals surface area (Å²) < 4.78 is 20.9. The fraction of sp³-hybridized carbons (Fsp3) is 0.933. The number of aliphatic hydroxyl groups excluding tert-OH is 7. The number of aliphatic hydroxyl groups is 7. The predicted molar refractivity (Wildman–Crippen MR) is 83.0 cm³/mol. The van der Waals surface area contributed by atoms with Crippen LogP contribution in [0, 0.1) is 0 Å². The van der Waals surface area contributed by atoms with E-state index in [0.29, 0.717) is 0 Å². The Morgan fingerprint density at radius 2 is 1.37 bits per heavy atom. The van der Waals surface area contributed by atoms with Crippen LogP contribution >= 0.6 is 0 Å². The fourth-order valence-electron chi connectivity index (χ4n) is 2.89. The molecule has 10 atom stereocenters. The minimum absolute atomic E-state index is 0.347. The Hall–Kier alpha value is -0.770. The van der Waals surface area contributed by atoms with E-state index in [1.54, 1.807) is 0 Å². The molecule has 0 radical (unpaired) electrons. The number of Topliss-reactive ketones (excluding diaryl/α,β-unsaturated/α-hetero) is 1. The number of rotatable bonds is 7. The van der Waals surface area contributed by atoms with Crippen molar-refractivity contribution in [3.05, 3.63) is 0 Å². The number of ether oxygens (including phenoxy) is 4. The van der Waals surface area contributed by atoms with Crippen LogP contribution in [0.15, 0.2) is 0 Å². The predicted octanol–water partition coefficient (Wildman–Crippen LogP) is -4.78.